The van der Waals surface area contributed by atoms with Crippen LogP contribution in [0.15, 0.2) is 18.2 Å². The molecule has 21 heavy (non-hydrogen) atoms. The summed E-state index contributed by atoms with van der Waals surface area (Å²) in [6.45, 7) is 2.51. The van der Waals surface area contributed by atoms with E-state index in [2.05, 4.69) is 0 Å². The van der Waals surface area contributed by atoms with Crippen molar-refractivity contribution in [3.63, 3.8) is 0 Å². The number of nitrogens with zero attached hydrogens (tertiary/aromatic N) is 3. The molecule has 0 N–H and O–H groups in total. The van der Waals surface area contributed by atoms with Gasteiger partial charge in [-0.2, -0.15) is 5.26 Å². The quantitative estimate of drug-likeness (QED) is 0.478. The second-order valence-electron chi connectivity index (χ2n) is 4.68. The molecule has 1 aliphatic rings. The highest BCUT2D eigenvalue weighted by Gasteiger charge is 2.35. The van der Waals surface area contributed by atoms with Gasteiger partial charge in [-0.05, 0) is 31.9 Å². The molecule has 2 rings (SSSR count). The van der Waals surface area contributed by atoms with Gasteiger partial charge in [-0.15, -0.1) is 0 Å². The third kappa shape index (κ3) is 2.94. The first-order valence-corrected chi connectivity index (χ1v) is 6.70. The Morgan fingerprint density at radius 3 is 3.00 bits per heavy atom. The van der Waals surface area contributed by atoms with Crippen LogP contribution in [0.3, 0.4) is 0 Å². The molecule has 7 heteroatoms. The number of rotatable bonds is 4. The van der Waals surface area contributed by atoms with Gasteiger partial charge >= 0.3 is 5.97 Å². The first-order chi connectivity index (χ1) is 10.1. The van der Waals surface area contributed by atoms with E-state index in [9.17, 15) is 14.9 Å². The molecule has 0 spiro atoms. The minimum absolute atomic E-state index is 0.106. The summed E-state index contributed by atoms with van der Waals surface area (Å²) in [5, 5.41) is 20.1. The average molecular weight is 289 g/mol. The second-order valence-corrected chi connectivity index (χ2v) is 4.68. The fourth-order valence-electron chi connectivity index (χ4n) is 2.52. The summed E-state index contributed by atoms with van der Waals surface area (Å²) in [6, 6.07) is 5.58. The Morgan fingerprint density at radius 2 is 2.38 bits per heavy atom. The second kappa shape index (κ2) is 6.22. The summed E-state index contributed by atoms with van der Waals surface area (Å²) in [6.07, 6.45) is 1.34. The molecule has 7 nitrogen and oxygen atoms in total. The van der Waals surface area contributed by atoms with E-state index in [1.807, 2.05) is 6.07 Å². The normalized spacial score (nSPS) is 17.3. The Hall–Kier alpha value is -2.62. The van der Waals surface area contributed by atoms with Crippen molar-refractivity contribution >= 4 is 17.3 Å². The van der Waals surface area contributed by atoms with Crippen LogP contribution in [0.1, 0.15) is 25.3 Å². The van der Waals surface area contributed by atoms with Gasteiger partial charge in [0.2, 0.25) is 0 Å². The molecule has 0 aliphatic carbocycles. The molecule has 0 aromatic heterocycles. The van der Waals surface area contributed by atoms with Crippen LogP contribution in [-0.4, -0.2) is 30.1 Å². The lowest BCUT2D eigenvalue weighted by Crippen LogP contribution is -2.37. The van der Waals surface area contributed by atoms with Gasteiger partial charge in [0.1, 0.15) is 11.7 Å². The molecule has 1 heterocycles. The zero-order chi connectivity index (χ0) is 15.4. The van der Waals surface area contributed by atoms with E-state index in [1.54, 1.807) is 11.8 Å². The van der Waals surface area contributed by atoms with Crippen LogP contribution in [0.4, 0.5) is 11.4 Å². The van der Waals surface area contributed by atoms with Crippen LogP contribution in [0.5, 0.6) is 0 Å². The summed E-state index contributed by atoms with van der Waals surface area (Å²) in [5.74, 6) is -0.383. The maximum absolute atomic E-state index is 12.0. The molecule has 110 valence electrons. The smallest absolute Gasteiger partial charge is 0.328 e. The first-order valence-electron chi connectivity index (χ1n) is 6.70. The van der Waals surface area contributed by atoms with Crippen molar-refractivity contribution in [3.05, 3.63) is 33.9 Å². The van der Waals surface area contributed by atoms with Crippen molar-refractivity contribution in [3.8, 4) is 6.07 Å². The SMILES string of the molecule is CCOC(=O)C1CCCN1c1cc(C#N)ccc1[N+](=O)[O-]. The summed E-state index contributed by atoms with van der Waals surface area (Å²) < 4.78 is 5.02. The summed E-state index contributed by atoms with van der Waals surface area (Å²) in [7, 11) is 0. The first kappa shape index (κ1) is 14.8. The van der Waals surface area contributed by atoms with E-state index in [-0.39, 0.29) is 18.3 Å². The number of hydrogen-bond donors (Lipinski definition) is 0. The largest absolute Gasteiger partial charge is 0.464 e. The maximum Gasteiger partial charge on any atom is 0.328 e. The maximum atomic E-state index is 12.0. The Bertz CT molecular complexity index is 609. The monoisotopic (exact) mass is 289 g/mol. The Balaban J connectivity index is 2.41. The molecule has 1 fully saturated rings. The molecule has 1 aromatic carbocycles. The van der Waals surface area contributed by atoms with Crippen molar-refractivity contribution in [2.75, 3.05) is 18.1 Å². The number of nitro groups is 1. The van der Waals surface area contributed by atoms with Crippen LogP contribution >= 0.6 is 0 Å². The zero-order valence-corrected chi connectivity index (χ0v) is 11.6. The highest BCUT2D eigenvalue weighted by atomic mass is 16.6. The molecule has 0 bridgehead atoms. The van der Waals surface area contributed by atoms with E-state index in [4.69, 9.17) is 10.00 Å². The van der Waals surface area contributed by atoms with Crippen molar-refractivity contribution < 1.29 is 14.5 Å². The number of nitriles is 1. The molecule has 1 aromatic rings. The van der Waals surface area contributed by atoms with Gasteiger partial charge in [-0.1, -0.05) is 0 Å². The number of hydrogen-bond acceptors (Lipinski definition) is 6. The molecule has 1 unspecified atom stereocenters. The number of carbonyl (C=O) groups is 1. The van der Waals surface area contributed by atoms with Crippen LogP contribution in [0.2, 0.25) is 0 Å². The van der Waals surface area contributed by atoms with Gasteiger partial charge in [0, 0.05) is 12.6 Å². The lowest BCUT2D eigenvalue weighted by atomic mass is 10.1. The summed E-state index contributed by atoms with van der Waals surface area (Å²) >= 11 is 0. The van der Waals surface area contributed by atoms with Gasteiger partial charge < -0.3 is 9.64 Å². The predicted octanol–water partition coefficient (Wildman–Crippen LogP) is 2.00. The number of ether oxygens (including phenoxy) is 1. The number of esters is 1. The molecule has 0 saturated carbocycles. The minimum Gasteiger partial charge on any atom is -0.464 e. The lowest BCUT2D eigenvalue weighted by Gasteiger charge is -2.24. The number of anilines is 1. The molecule has 0 radical (unpaired) electrons. The van der Waals surface area contributed by atoms with E-state index in [0.717, 1.165) is 6.42 Å². The summed E-state index contributed by atoms with van der Waals surface area (Å²) in [5.41, 5.74) is 0.518. The van der Waals surface area contributed by atoms with Crippen LogP contribution < -0.4 is 4.90 Å². The average Bonchev–Trinajstić information content (AvgIpc) is 2.96. The molecular formula is C14H15N3O4. The van der Waals surface area contributed by atoms with E-state index < -0.39 is 11.0 Å². The van der Waals surface area contributed by atoms with Crippen LogP contribution in [-0.2, 0) is 9.53 Å². The predicted molar refractivity (Wildman–Crippen MR) is 74.8 cm³/mol. The van der Waals surface area contributed by atoms with Gasteiger partial charge in [0.25, 0.3) is 5.69 Å². The van der Waals surface area contributed by atoms with E-state index >= 15 is 0 Å². The lowest BCUT2D eigenvalue weighted by molar-refractivity contribution is -0.384. The molecule has 1 saturated heterocycles. The number of benzene rings is 1. The fraction of sp³-hybridized carbons (Fsp3) is 0.429. The van der Waals surface area contributed by atoms with Gasteiger partial charge in [0.15, 0.2) is 0 Å². The Kier molecular flexibility index (Phi) is 4.38. The van der Waals surface area contributed by atoms with Crippen LogP contribution in [0, 0.1) is 21.4 Å². The Labute approximate surface area is 121 Å². The molecule has 1 atom stereocenters. The molecule has 1 aliphatic heterocycles. The van der Waals surface area contributed by atoms with Gasteiger partial charge in [-0.3, -0.25) is 10.1 Å². The van der Waals surface area contributed by atoms with Crippen LogP contribution in [0.25, 0.3) is 0 Å². The minimum atomic E-state index is -0.530. The highest BCUT2D eigenvalue weighted by molar-refractivity contribution is 5.82. The van der Waals surface area contributed by atoms with Crippen molar-refractivity contribution in [1.29, 1.82) is 5.26 Å². The topological polar surface area (TPSA) is 96.5 Å². The zero-order valence-electron chi connectivity index (χ0n) is 11.6. The third-order valence-electron chi connectivity index (χ3n) is 3.42. The number of carbonyl (C=O) groups excluding carboxylic acids is 1. The van der Waals surface area contributed by atoms with Crippen molar-refractivity contribution in [2.45, 2.75) is 25.8 Å². The Morgan fingerprint density at radius 1 is 1.62 bits per heavy atom. The molecular weight excluding hydrogens is 274 g/mol. The highest BCUT2D eigenvalue weighted by Crippen LogP contribution is 2.34. The van der Waals surface area contributed by atoms with Gasteiger partial charge in [0.05, 0.1) is 23.2 Å². The van der Waals surface area contributed by atoms with Gasteiger partial charge in [-0.25, -0.2) is 4.79 Å². The van der Waals surface area contributed by atoms with Crippen molar-refractivity contribution in [2.24, 2.45) is 0 Å². The third-order valence-corrected chi connectivity index (χ3v) is 3.42. The molecule has 0 amide bonds. The standard InChI is InChI=1S/C14H15N3O4/c1-2-21-14(18)12-4-3-7-16(12)13-8-10(9-15)5-6-11(13)17(19)20/h5-6,8,12H,2-4,7H2,1H3. The summed E-state index contributed by atoms with van der Waals surface area (Å²) in [4.78, 5) is 24.3. The number of nitro benzene ring substituents is 1. The van der Waals surface area contributed by atoms with E-state index in [1.165, 1.54) is 18.2 Å². The van der Waals surface area contributed by atoms with E-state index in [0.29, 0.717) is 24.2 Å². The fourth-order valence-corrected chi connectivity index (χ4v) is 2.52. The van der Waals surface area contributed by atoms with Crippen molar-refractivity contribution in [1.82, 2.24) is 0 Å².